The van der Waals surface area contributed by atoms with E-state index in [0.717, 1.165) is 19.5 Å². The van der Waals surface area contributed by atoms with E-state index >= 15 is 0 Å². The molecule has 0 saturated heterocycles. The van der Waals surface area contributed by atoms with Crippen LogP contribution in [-0.4, -0.2) is 20.1 Å². The first-order valence-corrected chi connectivity index (χ1v) is 4.84. The second kappa shape index (κ2) is 5.60. The molecule has 0 aliphatic rings. The zero-order chi connectivity index (χ0) is 9.52. The highest BCUT2D eigenvalue weighted by atomic mass is 14.9. The number of rotatable bonds is 5. The van der Waals surface area contributed by atoms with Crippen molar-refractivity contribution in [1.29, 1.82) is 0 Å². The minimum absolute atomic E-state index is 0.976. The molecule has 1 aromatic rings. The van der Waals surface area contributed by atoms with Gasteiger partial charge in [-0.1, -0.05) is 19.1 Å². The molecule has 2 N–H and O–H groups in total. The highest BCUT2D eigenvalue weighted by Gasteiger charge is 1.92. The molecule has 0 amide bonds. The Balaban J connectivity index is 2.46. The summed E-state index contributed by atoms with van der Waals surface area (Å²) in [5.74, 6) is 0. The molecule has 0 fully saturated rings. The van der Waals surface area contributed by atoms with Crippen LogP contribution >= 0.6 is 0 Å². The van der Waals surface area contributed by atoms with E-state index in [4.69, 9.17) is 0 Å². The van der Waals surface area contributed by atoms with Gasteiger partial charge in [0.15, 0.2) is 0 Å². The number of hydrogen-bond acceptors (Lipinski definition) is 2. The van der Waals surface area contributed by atoms with Crippen molar-refractivity contribution in [2.75, 3.05) is 25.5 Å². The molecule has 0 radical (unpaired) electrons. The number of likely N-dealkylation sites (N-methyl/N-ethyl adjacent to an activating group) is 1. The van der Waals surface area contributed by atoms with E-state index in [1.54, 1.807) is 0 Å². The van der Waals surface area contributed by atoms with Crippen molar-refractivity contribution in [2.45, 2.75) is 13.3 Å². The van der Waals surface area contributed by atoms with E-state index in [9.17, 15) is 0 Å². The monoisotopic (exact) mass is 178 g/mol. The number of hydrogen-bond donors (Lipinski definition) is 2. The van der Waals surface area contributed by atoms with E-state index in [2.05, 4.69) is 41.8 Å². The topological polar surface area (TPSA) is 24.1 Å². The van der Waals surface area contributed by atoms with Crippen LogP contribution in [0.15, 0.2) is 24.3 Å². The van der Waals surface area contributed by atoms with Gasteiger partial charge in [0.05, 0.1) is 0 Å². The van der Waals surface area contributed by atoms with Gasteiger partial charge >= 0.3 is 0 Å². The van der Waals surface area contributed by atoms with Crippen molar-refractivity contribution in [3.05, 3.63) is 29.8 Å². The Labute approximate surface area is 80.4 Å². The summed E-state index contributed by atoms with van der Waals surface area (Å²) in [6.07, 6.45) is 1.10. The molecule has 1 rings (SSSR count). The minimum Gasteiger partial charge on any atom is -0.384 e. The van der Waals surface area contributed by atoms with Crippen LogP contribution in [0.5, 0.6) is 0 Å². The molecule has 0 atom stereocenters. The van der Waals surface area contributed by atoms with E-state index < -0.39 is 0 Å². The molecule has 0 unspecified atom stereocenters. The van der Waals surface area contributed by atoms with Crippen molar-refractivity contribution < 1.29 is 0 Å². The maximum atomic E-state index is 3.36. The van der Waals surface area contributed by atoms with Gasteiger partial charge in [0.1, 0.15) is 0 Å². The Bertz CT molecular complexity index is 246. The summed E-state index contributed by atoms with van der Waals surface area (Å²) in [6, 6.07) is 8.56. The van der Waals surface area contributed by atoms with Gasteiger partial charge in [-0.2, -0.15) is 0 Å². The first kappa shape index (κ1) is 10.1. The van der Waals surface area contributed by atoms with Crippen molar-refractivity contribution >= 4 is 5.69 Å². The zero-order valence-electron chi connectivity index (χ0n) is 8.43. The smallest absolute Gasteiger partial charge is 0.0343 e. The molecule has 0 aromatic heterocycles. The lowest BCUT2D eigenvalue weighted by Crippen LogP contribution is -2.17. The van der Waals surface area contributed by atoms with Gasteiger partial charge in [-0.3, -0.25) is 0 Å². The summed E-state index contributed by atoms with van der Waals surface area (Å²) in [5, 5.41) is 6.46. The van der Waals surface area contributed by atoms with E-state index in [0.29, 0.717) is 0 Å². The lowest BCUT2D eigenvalue weighted by molar-refractivity contribution is 0.824. The number of nitrogens with one attached hydrogen (secondary N) is 2. The van der Waals surface area contributed by atoms with Gasteiger partial charge in [-0.25, -0.2) is 0 Å². The molecule has 0 aliphatic carbocycles. The van der Waals surface area contributed by atoms with Crippen LogP contribution in [0.3, 0.4) is 0 Å². The van der Waals surface area contributed by atoms with Crippen LogP contribution in [0, 0.1) is 0 Å². The second-order valence-corrected chi connectivity index (χ2v) is 3.08. The quantitative estimate of drug-likeness (QED) is 0.673. The highest BCUT2D eigenvalue weighted by Crippen LogP contribution is 2.10. The van der Waals surface area contributed by atoms with Gasteiger partial charge in [0, 0.05) is 18.8 Å². The van der Waals surface area contributed by atoms with Crippen molar-refractivity contribution in [1.82, 2.24) is 5.32 Å². The standard InChI is InChI=1S/C11H18N2/c1-3-10-5-4-6-11(9-10)13-8-7-12-2/h4-6,9,12-13H,3,7-8H2,1-2H3. The average molecular weight is 178 g/mol. The first-order chi connectivity index (χ1) is 6.36. The van der Waals surface area contributed by atoms with Crippen molar-refractivity contribution in [3.63, 3.8) is 0 Å². The van der Waals surface area contributed by atoms with Crippen LogP contribution in [0.25, 0.3) is 0 Å². The summed E-state index contributed by atoms with van der Waals surface area (Å²) >= 11 is 0. The lowest BCUT2D eigenvalue weighted by Gasteiger charge is -2.06. The molecule has 13 heavy (non-hydrogen) atoms. The number of benzene rings is 1. The molecule has 2 heteroatoms. The van der Waals surface area contributed by atoms with Crippen molar-refractivity contribution in [2.24, 2.45) is 0 Å². The predicted molar refractivity (Wildman–Crippen MR) is 58.2 cm³/mol. The normalized spacial score (nSPS) is 10.0. The Morgan fingerprint density at radius 2 is 2.08 bits per heavy atom. The summed E-state index contributed by atoms with van der Waals surface area (Å²) in [4.78, 5) is 0. The zero-order valence-corrected chi connectivity index (χ0v) is 8.43. The third kappa shape index (κ3) is 3.47. The molecule has 0 saturated carbocycles. The lowest BCUT2D eigenvalue weighted by atomic mass is 10.1. The van der Waals surface area contributed by atoms with Crippen LogP contribution < -0.4 is 10.6 Å². The van der Waals surface area contributed by atoms with Gasteiger partial charge < -0.3 is 10.6 Å². The molecular weight excluding hydrogens is 160 g/mol. The molecule has 0 heterocycles. The third-order valence-corrected chi connectivity index (χ3v) is 2.04. The minimum atomic E-state index is 0.976. The first-order valence-electron chi connectivity index (χ1n) is 4.84. The molecule has 0 spiro atoms. The summed E-state index contributed by atoms with van der Waals surface area (Å²) in [5.41, 5.74) is 2.60. The summed E-state index contributed by atoms with van der Waals surface area (Å²) in [7, 11) is 1.96. The Morgan fingerprint density at radius 3 is 2.77 bits per heavy atom. The average Bonchev–Trinajstić information content (AvgIpc) is 2.19. The fraction of sp³-hybridized carbons (Fsp3) is 0.455. The van der Waals surface area contributed by atoms with Crippen molar-refractivity contribution in [3.8, 4) is 0 Å². The Morgan fingerprint density at radius 1 is 1.23 bits per heavy atom. The van der Waals surface area contributed by atoms with Gasteiger partial charge in [-0.15, -0.1) is 0 Å². The largest absolute Gasteiger partial charge is 0.384 e. The van der Waals surface area contributed by atoms with Crippen LogP contribution in [0.1, 0.15) is 12.5 Å². The fourth-order valence-corrected chi connectivity index (χ4v) is 1.23. The van der Waals surface area contributed by atoms with E-state index in [-0.39, 0.29) is 0 Å². The molecule has 1 aromatic carbocycles. The SMILES string of the molecule is CCc1cccc(NCCNC)c1. The number of anilines is 1. The highest BCUT2D eigenvalue weighted by molar-refractivity contribution is 5.45. The predicted octanol–water partition coefficient (Wildman–Crippen LogP) is 1.88. The molecular formula is C11H18N2. The van der Waals surface area contributed by atoms with Crippen LogP contribution in [0.2, 0.25) is 0 Å². The maximum Gasteiger partial charge on any atom is 0.0343 e. The molecule has 0 aliphatic heterocycles. The van der Waals surface area contributed by atoms with Crippen LogP contribution in [-0.2, 0) is 6.42 Å². The molecule has 0 bridgehead atoms. The fourth-order valence-electron chi connectivity index (χ4n) is 1.23. The third-order valence-electron chi connectivity index (χ3n) is 2.04. The maximum absolute atomic E-state index is 3.36. The Kier molecular flexibility index (Phi) is 4.33. The van der Waals surface area contributed by atoms with E-state index in [1.807, 2.05) is 7.05 Å². The summed E-state index contributed by atoms with van der Waals surface area (Å²) in [6.45, 7) is 4.15. The van der Waals surface area contributed by atoms with E-state index in [1.165, 1.54) is 11.3 Å². The molecule has 72 valence electrons. The van der Waals surface area contributed by atoms with Gasteiger partial charge in [-0.05, 0) is 31.2 Å². The van der Waals surface area contributed by atoms with Crippen LogP contribution in [0.4, 0.5) is 5.69 Å². The van der Waals surface area contributed by atoms with Gasteiger partial charge in [0.2, 0.25) is 0 Å². The second-order valence-electron chi connectivity index (χ2n) is 3.08. The summed E-state index contributed by atoms with van der Waals surface area (Å²) < 4.78 is 0. The number of aryl methyl sites for hydroxylation is 1. The molecule has 2 nitrogen and oxygen atoms in total. The Hall–Kier alpha value is -1.02. The van der Waals surface area contributed by atoms with Gasteiger partial charge in [0.25, 0.3) is 0 Å².